The molecule has 0 unspecified atom stereocenters. The van der Waals surface area contributed by atoms with Crippen LogP contribution in [0.3, 0.4) is 0 Å². The van der Waals surface area contributed by atoms with E-state index in [4.69, 9.17) is 9.47 Å². The molecular weight excluding hydrogens is 338 g/mol. The van der Waals surface area contributed by atoms with E-state index in [9.17, 15) is 9.90 Å². The van der Waals surface area contributed by atoms with Crippen molar-refractivity contribution in [2.45, 2.75) is 31.9 Å². The number of amides is 1. The Bertz CT molecular complexity index is 563. The van der Waals surface area contributed by atoms with Crippen LogP contribution in [0.25, 0.3) is 0 Å². The van der Waals surface area contributed by atoms with E-state index in [-0.39, 0.29) is 18.7 Å². The van der Waals surface area contributed by atoms with Crippen molar-refractivity contribution < 1.29 is 19.4 Å². The van der Waals surface area contributed by atoms with Crippen molar-refractivity contribution in [1.29, 1.82) is 0 Å². The number of benzene rings is 1. The number of rotatable bonds is 2. The molecule has 2 atom stereocenters. The Morgan fingerprint density at radius 3 is 3.00 bits per heavy atom. The fourth-order valence-electron chi connectivity index (χ4n) is 2.76. The molecule has 6 heteroatoms. The highest BCUT2D eigenvalue weighted by atomic mass is 79.9. The molecule has 0 radical (unpaired) electrons. The SMILES string of the molecule is CCc1cc2c(cc1Br)C(=O)N([C@H]1COCC[C@@H]1O)CO2. The maximum absolute atomic E-state index is 12.7. The summed E-state index contributed by atoms with van der Waals surface area (Å²) in [7, 11) is 0. The van der Waals surface area contributed by atoms with Gasteiger partial charge in [-0.1, -0.05) is 22.9 Å². The van der Waals surface area contributed by atoms with Gasteiger partial charge in [-0.15, -0.1) is 0 Å². The summed E-state index contributed by atoms with van der Waals surface area (Å²) in [6, 6.07) is 3.37. The number of aryl methyl sites for hydroxylation is 1. The molecule has 0 spiro atoms. The van der Waals surface area contributed by atoms with Gasteiger partial charge in [-0.25, -0.2) is 0 Å². The number of fused-ring (bicyclic) bond motifs is 1. The minimum absolute atomic E-state index is 0.117. The molecule has 114 valence electrons. The Balaban J connectivity index is 1.90. The van der Waals surface area contributed by atoms with Gasteiger partial charge in [0, 0.05) is 11.1 Å². The van der Waals surface area contributed by atoms with Crippen LogP contribution < -0.4 is 4.74 Å². The minimum atomic E-state index is -0.564. The van der Waals surface area contributed by atoms with Gasteiger partial charge in [0.2, 0.25) is 0 Å². The summed E-state index contributed by atoms with van der Waals surface area (Å²) in [5.74, 6) is 0.497. The van der Waals surface area contributed by atoms with Crippen LogP contribution in [0.4, 0.5) is 0 Å². The summed E-state index contributed by atoms with van der Waals surface area (Å²) in [6.45, 7) is 3.09. The van der Waals surface area contributed by atoms with Gasteiger partial charge < -0.3 is 14.6 Å². The zero-order valence-corrected chi connectivity index (χ0v) is 13.4. The van der Waals surface area contributed by atoms with Crippen molar-refractivity contribution in [3.63, 3.8) is 0 Å². The fourth-order valence-corrected chi connectivity index (χ4v) is 3.38. The molecule has 1 aromatic rings. The standard InChI is InChI=1S/C15H18BrNO4/c1-2-9-5-14-10(6-11(9)16)15(19)17(8-21-14)12-7-20-4-3-13(12)18/h5-6,12-13,18H,2-4,7-8H2,1H3/t12-,13-/m0/s1. The highest BCUT2D eigenvalue weighted by molar-refractivity contribution is 9.10. The minimum Gasteiger partial charge on any atom is -0.472 e. The predicted molar refractivity (Wildman–Crippen MR) is 80.4 cm³/mol. The second-order valence-electron chi connectivity index (χ2n) is 5.34. The third kappa shape index (κ3) is 2.67. The van der Waals surface area contributed by atoms with Crippen LogP contribution >= 0.6 is 15.9 Å². The van der Waals surface area contributed by atoms with E-state index < -0.39 is 6.10 Å². The first kappa shape index (κ1) is 14.8. The summed E-state index contributed by atoms with van der Waals surface area (Å²) >= 11 is 3.49. The van der Waals surface area contributed by atoms with Gasteiger partial charge in [-0.2, -0.15) is 0 Å². The molecule has 0 aromatic heterocycles. The second-order valence-corrected chi connectivity index (χ2v) is 6.19. The Morgan fingerprint density at radius 2 is 2.29 bits per heavy atom. The summed E-state index contributed by atoms with van der Waals surface area (Å²) in [5.41, 5.74) is 1.64. The van der Waals surface area contributed by atoms with Crippen molar-refractivity contribution in [2.24, 2.45) is 0 Å². The quantitative estimate of drug-likeness (QED) is 0.880. The topological polar surface area (TPSA) is 59.0 Å². The van der Waals surface area contributed by atoms with E-state index in [0.29, 0.717) is 30.9 Å². The fraction of sp³-hybridized carbons (Fsp3) is 0.533. The molecule has 1 fully saturated rings. The van der Waals surface area contributed by atoms with Crippen LogP contribution in [-0.4, -0.2) is 48.0 Å². The van der Waals surface area contributed by atoms with Crippen molar-refractivity contribution >= 4 is 21.8 Å². The van der Waals surface area contributed by atoms with Crippen LogP contribution in [-0.2, 0) is 11.2 Å². The lowest BCUT2D eigenvalue weighted by Crippen LogP contribution is -2.54. The van der Waals surface area contributed by atoms with E-state index in [1.54, 1.807) is 11.0 Å². The van der Waals surface area contributed by atoms with Crippen molar-refractivity contribution in [1.82, 2.24) is 4.90 Å². The number of aliphatic hydroxyl groups excluding tert-OH is 1. The molecule has 5 nitrogen and oxygen atoms in total. The average molecular weight is 356 g/mol. The van der Waals surface area contributed by atoms with Crippen molar-refractivity contribution in [3.8, 4) is 5.75 Å². The molecule has 1 saturated heterocycles. The molecule has 0 aliphatic carbocycles. The molecule has 1 N–H and O–H groups in total. The third-order valence-electron chi connectivity index (χ3n) is 4.07. The number of nitrogens with zero attached hydrogens (tertiary/aromatic N) is 1. The molecule has 3 rings (SSSR count). The number of ether oxygens (including phenoxy) is 2. The lowest BCUT2D eigenvalue weighted by molar-refractivity contribution is -0.0696. The number of hydrogen-bond acceptors (Lipinski definition) is 4. The largest absolute Gasteiger partial charge is 0.472 e. The zero-order valence-electron chi connectivity index (χ0n) is 11.8. The summed E-state index contributed by atoms with van der Waals surface area (Å²) in [4.78, 5) is 14.2. The summed E-state index contributed by atoms with van der Waals surface area (Å²) in [5, 5.41) is 10.1. The normalized spacial score (nSPS) is 25.5. The van der Waals surface area contributed by atoms with Crippen molar-refractivity contribution in [3.05, 3.63) is 27.7 Å². The highest BCUT2D eigenvalue weighted by Crippen LogP contribution is 2.33. The molecule has 2 heterocycles. The van der Waals surface area contributed by atoms with Gasteiger partial charge in [0.1, 0.15) is 5.75 Å². The molecule has 21 heavy (non-hydrogen) atoms. The van der Waals surface area contributed by atoms with E-state index in [1.165, 1.54) is 0 Å². The average Bonchev–Trinajstić information content (AvgIpc) is 2.49. The number of aliphatic hydroxyl groups is 1. The molecule has 0 saturated carbocycles. The second kappa shape index (κ2) is 5.94. The maximum Gasteiger partial charge on any atom is 0.260 e. The number of carbonyl (C=O) groups excluding carboxylic acids is 1. The van der Waals surface area contributed by atoms with E-state index in [2.05, 4.69) is 22.9 Å². The molecule has 2 aliphatic heterocycles. The first-order chi connectivity index (χ1) is 10.1. The Hall–Kier alpha value is -1.11. The number of hydrogen-bond donors (Lipinski definition) is 1. The summed E-state index contributed by atoms with van der Waals surface area (Å²) in [6.07, 6.45) is 0.843. The van der Waals surface area contributed by atoms with Gasteiger partial charge in [0.05, 0.1) is 24.3 Å². The van der Waals surface area contributed by atoms with Crippen LogP contribution in [0.5, 0.6) is 5.75 Å². The first-order valence-electron chi connectivity index (χ1n) is 7.13. The van der Waals surface area contributed by atoms with Gasteiger partial charge in [-0.3, -0.25) is 9.69 Å². The monoisotopic (exact) mass is 355 g/mol. The Labute approximate surface area is 132 Å². The highest BCUT2D eigenvalue weighted by Gasteiger charge is 2.37. The third-order valence-corrected chi connectivity index (χ3v) is 4.81. The Kier molecular flexibility index (Phi) is 4.19. The van der Waals surface area contributed by atoms with Crippen LogP contribution in [0, 0.1) is 0 Å². The van der Waals surface area contributed by atoms with Crippen LogP contribution in [0.15, 0.2) is 16.6 Å². The predicted octanol–water partition coefficient (Wildman–Crippen LogP) is 1.95. The smallest absolute Gasteiger partial charge is 0.260 e. The van der Waals surface area contributed by atoms with Gasteiger partial charge in [0.15, 0.2) is 6.73 Å². The number of carbonyl (C=O) groups is 1. The lowest BCUT2D eigenvalue weighted by Gasteiger charge is -2.39. The maximum atomic E-state index is 12.7. The van der Waals surface area contributed by atoms with Gasteiger partial charge in [0.25, 0.3) is 5.91 Å². The van der Waals surface area contributed by atoms with Gasteiger partial charge >= 0.3 is 0 Å². The van der Waals surface area contributed by atoms with E-state index in [0.717, 1.165) is 16.5 Å². The molecule has 0 bridgehead atoms. The molecule has 1 amide bonds. The van der Waals surface area contributed by atoms with E-state index in [1.807, 2.05) is 6.07 Å². The molecular formula is C15H18BrNO4. The molecule has 2 aliphatic rings. The Morgan fingerprint density at radius 1 is 1.48 bits per heavy atom. The van der Waals surface area contributed by atoms with Crippen molar-refractivity contribution in [2.75, 3.05) is 19.9 Å². The van der Waals surface area contributed by atoms with E-state index >= 15 is 0 Å². The lowest BCUT2D eigenvalue weighted by atomic mass is 10.0. The van der Waals surface area contributed by atoms with Crippen LogP contribution in [0.2, 0.25) is 0 Å². The summed E-state index contributed by atoms with van der Waals surface area (Å²) < 4.78 is 12.0. The number of halogens is 1. The van der Waals surface area contributed by atoms with Crippen LogP contribution in [0.1, 0.15) is 29.3 Å². The zero-order chi connectivity index (χ0) is 15.0. The molecule has 1 aromatic carbocycles. The first-order valence-corrected chi connectivity index (χ1v) is 7.93. The van der Waals surface area contributed by atoms with Gasteiger partial charge in [-0.05, 0) is 30.5 Å².